The lowest BCUT2D eigenvalue weighted by atomic mass is 10.1. The summed E-state index contributed by atoms with van der Waals surface area (Å²) in [5.41, 5.74) is -4.71. The second-order valence-electron chi connectivity index (χ2n) is 6.66. The first-order chi connectivity index (χ1) is 16.1. The van der Waals surface area contributed by atoms with Gasteiger partial charge in [0.1, 0.15) is 0 Å². The summed E-state index contributed by atoms with van der Waals surface area (Å²) in [6, 6.07) is -0.529. The number of carbonyl (C=O) groups is 2. The lowest BCUT2D eigenvalue weighted by Gasteiger charge is -2.21. The van der Waals surface area contributed by atoms with Crippen molar-refractivity contribution in [3.05, 3.63) is 102 Å². The number of halogens is 6. The summed E-state index contributed by atoms with van der Waals surface area (Å²) in [7, 11) is -5.58. The molecule has 13 heteroatoms. The van der Waals surface area contributed by atoms with E-state index < -0.39 is 55.9 Å². The first-order valence-electron chi connectivity index (χ1n) is 9.24. The van der Waals surface area contributed by atoms with E-state index in [-0.39, 0.29) is 28.8 Å². The van der Waals surface area contributed by atoms with Gasteiger partial charge in [-0.2, -0.15) is 34.8 Å². The molecule has 0 aromatic heterocycles. The van der Waals surface area contributed by atoms with Crippen molar-refractivity contribution in [1.29, 1.82) is 0 Å². The summed E-state index contributed by atoms with van der Waals surface area (Å²) >= 11 is 0. The predicted molar refractivity (Wildman–Crippen MR) is 111 cm³/mol. The van der Waals surface area contributed by atoms with Crippen LogP contribution in [0.3, 0.4) is 0 Å². The van der Waals surface area contributed by atoms with Crippen molar-refractivity contribution < 1.29 is 48.6 Å². The highest BCUT2D eigenvalue weighted by atomic mass is 32.2. The van der Waals surface area contributed by atoms with Gasteiger partial charge in [-0.1, -0.05) is 43.5 Å². The molecule has 0 spiro atoms. The standard InChI is InChI=1S/C22H15F6NO5S/c1-3-4-9-15-10-7-5-6-8-14(2)19(30)29(20(15)31)34-35(32,33)18-12-16(21(23,24)25)11-17(13-18)22(26,27)28/h3-13H,1-2H2/b7-5-,8-6-,9-4-,15-10+. The number of hydrogen-bond donors (Lipinski definition) is 0. The maximum atomic E-state index is 13.1. The molecule has 0 saturated carbocycles. The van der Waals surface area contributed by atoms with Crippen molar-refractivity contribution in [1.82, 2.24) is 5.06 Å². The molecule has 1 aliphatic heterocycles. The van der Waals surface area contributed by atoms with Crippen molar-refractivity contribution in [3.8, 4) is 0 Å². The average molecular weight is 519 g/mol. The molecule has 186 valence electrons. The van der Waals surface area contributed by atoms with E-state index in [4.69, 9.17) is 0 Å². The van der Waals surface area contributed by atoms with E-state index in [9.17, 15) is 44.3 Å². The first kappa shape index (κ1) is 27.5. The molecular weight excluding hydrogens is 504 g/mol. The van der Waals surface area contributed by atoms with Crippen LogP contribution in [0.5, 0.6) is 0 Å². The molecule has 0 saturated heterocycles. The average Bonchev–Trinajstić information content (AvgIpc) is 2.76. The Bertz CT molecular complexity index is 1250. The molecule has 0 bridgehead atoms. The van der Waals surface area contributed by atoms with Gasteiger partial charge in [-0.25, -0.2) is 0 Å². The van der Waals surface area contributed by atoms with E-state index in [1.54, 1.807) is 0 Å². The summed E-state index contributed by atoms with van der Waals surface area (Å²) in [6.45, 7) is 6.73. The summed E-state index contributed by atoms with van der Waals surface area (Å²) < 4.78 is 109. The van der Waals surface area contributed by atoms with Gasteiger partial charge < -0.3 is 0 Å². The lowest BCUT2D eigenvalue weighted by Crippen LogP contribution is -2.40. The lowest BCUT2D eigenvalue weighted by molar-refractivity contribution is -0.165. The van der Waals surface area contributed by atoms with E-state index in [1.807, 2.05) is 0 Å². The number of rotatable bonds is 5. The number of carbonyl (C=O) groups excluding carboxylic acids is 2. The second-order valence-corrected chi connectivity index (χ2v) is 8.19. The van der Waals surface area contributed by atoms with Gasteiger partial charge in [0.2, 0.25) is 0 Å². The molecular formula is C22H15F6NO5S. The van der Waals surface area contributed by atoms with E-state index in [1.165, 1.54) is 30.4 Å². The Hall–Kier alpha value is -3.71. The fourth-order valence-electron chi connectivity index (χ4n) is 2.46. The number of nitrogens with zero attached hydrogens (tertiary/aromatic N) is 1. The number of allylic oxidation sites excluding steroid dienone is 6. The van der Waals surface area contributed by atoms with Crippen LogP contribution >= 0.6 is 0 Å². The van der Waals surface area contributed by atoms with Crippen molar-refractivity contribution in [3.63, 3.8) is 0 Å². The van der Waals surface area contributed by atoms with Crippen molar-refractivity contribution in [2.45, 2.75) is 17.2 Å². The number of imide groups is 1. The van der Waals surface area contributed by atoms with Crippen LogP contribution in [0, 0.1) is 0 Å². The summed E-state index contributed by atoms with van der Waals surface area (Å²) in [4.78, 5) is 24.0. The third-order valence-electron chi connectivity index (χ3n) is 4.12. The second kappa shape index (κ2) is 10.3. The number of alkyl halides is 6. The van der Waals surface area contributed by atoms with Gasteiger partial charge in [-0.15, -0.1) is 9.35 Å². The first-order valence-corrected chi connectivity index (χ1v) is 10.6. The minimum atomic E-state index is -5.58. The summed E-state index contributed by atoms with van der Waals surface area (Å²) in [6.07, 6.45) is -0.879. The van der Waals surface area contributed by atoms with Crippen LogP contribution in [0.15, 0.2) is 96.0 Å². The molecule has 1 aromatic rings. The van der Waals surface area contributed by atoms with Crippen LogP contribution in [0.2, 0.25) is 0 Å². The normalized spacial score (nSPS) is 19.4. The summed E-state index contributed by atoms with van der Waals surface area (Å²) in [5, 5.41) is -0.325. The van der Waals surface area contributed by atoms with Gasteiger partial charge in [0.05, 0.1) is 16.0 Å². The Morgan fingerprint density at radius 3 is 1.97 bits per heavy atom. The molecule has 0 radical (unpaired) electrons. The van der Waals surface area contributed by atoms with Crippen LogP contribution < -0.4 is 0 Å². The highest BCUT2D eigenvalue weighted by molar-refractivity contribution is 7.86. The van der Waals surface area contributed by atoms with Crippen LogP contribution in [0.25, 0.3) is 0 Å². The van der Waals surface area contributed by atoms with Crippen LogP contribution in [-0.2, 0) is 36.3 Å². The minimum absolute atomic E-state index is 0.118. The van der Waals surface area contributed by atoms with Gasteiger partial charge in [-0.05, 0) is 36.4 Å². The van der Waals surface area contributed by atoms with Crippen molar-refractivity contribution in [2.24, 2.45) is 0 Å². The molecule has 0 N–H and O–H groups in total. The highest BCUT2D eigenvalue weighted by Crippen LogP contribution is 2.37. The Balaban J connectivity index is 2.67. The SMILES string of the molecule is C=C\C=C/C1=C\C=C/C=C\C(=C)C(=O)N(OS(=O)(=O)c2cc(C(F)(F)F)cc(C(F)(F)F)c2)C1=O. The number of hydroxylamine groups is 2. The quantitative estimate of drug-likeness (QED) is 0.236. The largest absolute Gasteiger partial charge is 0.416 e. The minimum Gasteiger partial charge on any atom is -0.266 e. The number of benzene rings is 1. The molecule has 0 atom stereocenters. The zero-order chi connectivity index (χ0) is 26.6. The van der Waals surface area contributed by atoms with Crippen LogP contribution in [0.4, 0.5) is 26.3 Å². The molecule has 1 heterocycles. The molecule has 1 aromatic carbocycles. The van der Waals surface area contributed by atoms with E-state index in [0.29, 0.717) is 0 Å². The molecule has 1 aliphatic rings. The zero-order valence-corrected chi connectivity index (χ0v) is 18.2. The third-order valence-corrected chi connectivity index (χ3v) is 5.28. The number of hydrogen-bond acceptors (Lipinski definition) is 5. The Morgan fingerprint density at radius 1 is 0.886 bits per heavy atom. The molecule has 35 heavy (non-hydrogen) atoms. The summed E-state index contributed by atoms with van der Waals surface area (Å²) in [5.74, 6) is -2.84. The highest BCUT2D eigenvalue weighted by Gasteiger charge is 2.40. The van der Waals surface area contributed by atoms with E-state index >= 15 is 0 Å². The fraction of sp³-hybridized carbons (Fsp3) is 0.0909. The molecule has 2 rings (SSSR count). The van der Waals surface area contributed by atoms with E-state index in [2.05, 4.69) is 17.4 Å². The molecule has 0 fully saturated rings. The van der Waals surface area contributed by atoms with E-state index in [0.717, 1.165) is 18.2 Å². The van der Waals surface area contributed by atoms with Crippen LogP contribution in [-0.4, -0.2) is 25.3 Å². The van der Waals surface area contributed by atoms with Gasteiger partial charge in [0.15, 0.2) is 0 Å². The molecule has 2 amide bonds. The Morgan fingerprint density at radius 2 is 1.46 bits per heavy atom. The number of amides is 2. The van der Waals surface area contributed by atoms with Gasteiger partial charge >= 0.3 is 22.5 Å². The van der Waals surface area contributed by atoms with Gasteiger partial charge in [0.25, 0.3) is 11.8 Å². The molecule has 0 aliphatic carbocycles. The van der Waals surface area contributed by atoms with Gasteiger partial charge in [0, 0.05) is 11.1 Å². The monoisotopic (exact) mass is 519 g/mol. The maximum Gasteiger partial charge on any atom is 0.416 e. The van der Waals surface area contributed by atoms with Gasteiger partial charge in [-0.3, -0.25) is 9.59 Å². The fourth-order valence-corrected chi connectivity index (χ4v) is 3.42. The zero-order valence-electron chi connectivity index (χ0n) is 17.4. The maximum absolute atomic E-state index is 13.1. The third kappa shape index (κ3) is 6.90. The predicted octanol–water partition coefficient (Wildman–Crippen LogP) is 5.05. The topological polar surface area (TPSA) is 80.8 Å². The van der Waals surface area contributed by atoms with Crippen molar-refractivity contribution in [2.75, 3.05) is 0 Å². The van der Waals surface area contributed by atoms with Crippen molar-refractivity contribution >= 4 is 21.9 Å². The molecule has 0 unspecified atom stereocenters. The smallest absolute Gasteiger partial charge is 0.266 e. The van der Waals surface area contributed by atoms with Crippen LogP contribution in [0.1, 0.15) is 11.1 Å². The Labute approximate surface area is 195 Å². The molecule has 6 nitrogen and oxygen atoms in total. The Kier molecular flexibility index (Phi) is 8.08.